The summed E-state index contributed by atoms with van der Waals surface area (Å²) in [5, 5.41) is 6.51. The van der Waals surface area contributed by atoms with Crippen LogP contribution in [0.15, 0.2) is 29.3 Å². The lowest BCUT2D eigenvalue weighted by Crippen LogP contribution is -2.41. The summed E-state index contributed by atoms with van der Waals surface area (Å²) in [6.07, 6.45) is 0. The van der Waals surface area contributed by atoms with Crippen LogP contribution in [0.2, 0.25) is 0 Å². The van der Waals surface area contributed by atoms with E-state index in [0.717, 1.165) is 36.7 Å². The van der Waals surface area contributed by atoms with Crippen LogP contribution in [0.4, 0.5) is 0 Å². The third kappa shape index (κ3) is 6.30. The third-order valence-corrected chi connectivity index (χ3v) is 3.44. The molecule has 5 nitrogen and oxygen atoms in total. The van der Waals surface area contributed by atoms with Crippen LogP contribution in [-0.4, -0.2) is 42.4 Å². The molecule has 0 aromatic heterocycles. The highest BCUT2D eigenvalue weighted by Crippen LogP contribution is 2.09. The molecule has 0 spiro atoms. The molecular formula is C18H30N4O. The van der Waals surface area contributed by atoms with Crippen molar-refractivity contribution in [3.63, 3.8) is 0 Å². The Balaban J connectivity index is 2.74. The zero-order valence-corrected chi connectivity index (χ0v) is 15.0. The topological polar surface area (TPSA) is 56.7 Å². The van der Waals surface area contributed by atoms with Gasteiger partial charge in [-0.15, -0.1) is 0 Å². The molecular weight excluding hydrogens is 288 g/mol. The molecule has 2 N–H and O–H groups in total. The van der Waals surface area contributed by atoms with E-state index in [1.165, 1.54) is 0 Å². The van der Waals surface area contributed by atoms with Gasteiger partial charge in [0.25, 0.3) is 5.91 Å². The number of nitrogens with zero attached hydrogens (tertiary/aromatic N) is 2. The molecule has 0 bridgehead atoms. The molecule has 0 saturated carbocycles. The SMILES string of the molecule is CCNC(=NCc1ccc(C(=O)N(CC)CC)cc1)NC(C)C. The number of nitrogens with one attached hydrogen (secondary N) is 2. The summed E-state index contributed by atoms with van der Waals surface area (Å²) >= 11 is 0. The Morgan fingerprint density at radius 1 is 1.13 bits per heavy atom. The molecule has 0 saturated heterocycles. The standard InChI is InChI=1S/C18H30N4O/c1-6-19-18(21-14(4)5)20-13-15-9-11-16(12-10-15)17(23)22(7-2)8-3/h9-12,14H,6-8,13H2,1-5H3,(H2,19,20,21). The van der Waals surface area contributed by atoms with Crippen LogP contribution in [0.1, 0.15) is 50.5 Å². The molecule has 0 heterocycles. The Hall–Kier alpha value is -2.04. The minimum Gasteiger partial charge on any atom is -0.357 e. The van der Waals surface area contributed by atoms with E-state index >= 15 is 0 Å². The van der Waals surface area contributed by atoms with Crippen molar-refractivity contribution < 1.29 is 4.79 Å². The Bertz CT molecular complexity index is 504. The maximum atomic E-state index is 12.3. The van der Waals surface area contributed by atoms with Crippen molar-refractivity contribution in [2.75, 3.05) is 19.6 Å². The van der Waals surface area contributed by atoms with Crippen LogP contribution in [-0.2, 0) is 6.54 Å². The molecule has 128 valence electrons. The van der Waals surface area contributed by atoms with Gasteiger partial charge >= 0.3 is 0 Å². The zero-order valence-electron chi connectivity index (χ0n) is 15.0. The molecule has 0 fully saturated rings. The Labute approximate surface area is 140 Å². The minimum atomic E-state index is 0.0832. The second-order valence-electron chi connectivity index (χ2n) is 5.67. The van der Waals surface area contributed by atoms with Crippen LogP contribution >= 0.6 is 0 Å². The van der Waals surface area contributed by atoms with Gasteiger partial charge in [0.15, 0.2) is 5.96 Å². The number of benzene rings is 1. The summed E-state index contributed by atoms with van der Waals surface area (Å²) < 4.78 is 0. The highest BCUT2D eigenvalue weighted by molar-refractivity contribution is 5.94. The number of amides is 1. The van der Waals surface area contributed by atoms with Crippen LogP contribution in [0.3, 0.4) is 0 Å². The van der Waals surface area contributed by atoms with Crippen LogP contribution in [0.25, 0.3) is 0 Å². The van der Waals surface area contributed by atoms with E-state index in [1.54, 1.807) is 0 Å². The molecule has 0 radical (unpaired) electrons. The summed E-state index contributed by atoms with van der Waals surface area (Å²) in [5.41, 5.74) is 1.82. The van der Waals surface area contributed by atoms with Crippen LogP contribution in [0.5, 0.6) is 0 Å². The van der Waals surface area contributed by atoms with Gasteiger partial charge < -0.3 is 15.5 Å². The highest BCUT2D eigenvalue weighted by atomic mass is 16.2. The predicted molar refractivity (Wildman–Crippen MR) is 96.8 cm³/mol. The lowest BCUT2D eigenvalue weighted by atomic mass is 10.1. The number of aliphatic imine (C=N–C) groups is 1. The van der Waals surface area contributed by atoms with Crippen molar-refractivity contribution in [1.29, 1.82) is 0 Å². The number of guanidine groups is 1. The normalized spacial score (nSPS) is 11.5. The molecule has 1 aromatic rings. The van der Waals surface area contributed by atoms with Gasteiger partial charge in [-0.25, -0.2) is 4.99 Å². The number of hydrogen-bond acceptors (Lipinski definition) is 2. The molecule has 23 heavy (non-hydrogen) atoms. The largest absolute Gasteiger partial charge is 0.357 e. The summed E-state index contributed by atoms with van der Waals surface area (Å²) in [6.45, 7) is 13.1. The lowest BCUT2D eigenvalue weighted by molar-refractivity contribution is 0.0773. The quantitative estimate of drug-likeness (QED) is 0.600. The van der Waals surface area contributed by atoms with Gasteiger partial charge in [0.2, 0.25) is 0 Å². The van der Waals surface area contributed by atoms with Gasteiger partial charge in [-0.1, -0.05) is 12.1 Å². The monoisotopic (exact) mass is 318 g/mol. The first-order valence-electron chi connectivity index (χ1n) is 8.44. The molecule has 0 aliphatic rings. The van der Waals surface area contributed by atoms with Gasteiger partial charge in [0.1, 0.15) is 0 Å². The van der Waals surface area contributed by atoms with E-state index < -0.39 is 0 Å². The van der Waals surface area contributed by atoms with Crippen molar-refractivity contribution in [2.24, 2.45) is 4.99 Å². The smallest absolute Gasteiger partial charge is 0.253 e. The number of carbonyl (C=O) groups excluding carboxylic acids is 1. The lowest BCUT2D eigenvalue weighted by Gasteiger charge is -2.18. The average molecular weight is 318 g/mol. The summed E-state index contributed by atoms with van der Waals surface area (Å²) in [5.74, 6) is 0.894. The fourth-order valence-electron chi connectivity index (χ4n) is 2.21. The minimum absolute atomic E-state index is 0.0832. The summed E-state index contributed by atoms with van der Waals surface area (Å²) in [4.78, 5) is 18.7. The van der Waals surface area contributed by atoms with Crippen molar-refractivity contribution in [3.8, 4) is 0 Å². The molecule has 1 rings (SSSR count). The second kappa shape index (κ2) is 9.87. The fraction of sp³-hybridized carbons (Fsp3) is 0.556. The maximum absolute atomic E-state index is 12.3. The van der Waals surface area contributed by atoms with Gasteiger partial charge in [-0.05, 0) is 52.3 Å². The zero-order chi connectivity index (χ0) is 17.2. The first kappa shape index (κ1) is 19.0. The van der Waals surface area contributed by atoms with E-state index in [-0.39, 0.29) is 5.91 Å². The van der Waals surface area contributed by atoms with Crippen LogP contribution < -0.4 is 10.6 Å². The summed E-state index contributed by atoms with van der Waals surface area (Å²) in [6, 6.07) is 8.04. The highest BCUT2D eigenvalue weighted by Gasteiger charge is 2.11. The molecule has 0 unspecified atom stereocenters. The summed E-state index contributed by atoms with van der Waals surface area (Å²) in [7, 11) is 0. The Morgan fingerprint density at radius 2 is 1.74 bits per heavy atom. The first-order valence-corrected chi connectivity index (χ1v) is 8.44. The van der Waals surface area contributed by atoms with E-state index in [9.17, 15) is 4.79 Å². The number of rotatable bonds is 7. The van der Waals surface area contributed by atoms with E-state index in [0.29, 0.717) is 12.6 Å². The van der Waals surface area contributed by atoms with Crippen molar-refractivity contribution in [2.45, 2.75) is 47.2 Å². The maximum Gasteiger partial charge on any atom is 0.253 e. The van der Waals surface area contributed by atoms with Gasteiger partial charge in [0.05, 0.1) is 6.54 Å². The number of carbonyl (C=O) groups is 1. The second-order valence-corrected chi connectivity index (χ2v) is 5.67. The van der Waals surface area contributed by atoms with Crippen LogP contribution in [0, 0.1) is 0 Å². The average Bonchev–Trinajstić information content (AvgIpc) is 2.54. The van der Waals surface area contributed by atoms with Gasteiger partial charge in [0, 0.05) is 31.2 Å². The Morgan fingerprint density at radius 3 is 2.22 bits per heavy atom. The van der Waals surface area contributed by atoms with Crippen molar-refractivity contribution in [3.05, 3.63) is 35.4 Å². The Kier molecular flexibility index (Phi) is 8.16. The molecule has 5 heteroatoms. The van der Waals surface area contributed by atoms with Gasteiger partial charge in [-0.2, -0.15) is 0 Å². The first-order chi connectivity index (χ1) is 11.0. The van der Waals surface area contributed by atoms with Crippen molar-refractivity contribution >= 4 is 11.9 Å². The van der Waals surface area contributed by atoms with Gasteiger partial charge in [-0.3, -0.25) is 4.79 Å². The molecule has 1 amide bonds. The van der Waals surface area contributed by atoms with E-state index in [2.05, 4.69) is 29.5 Å². The molecule has 0 atom stereocenters. The molecule has 0 aliphatic heterocycles. The van der Waals surface area contributed by atoms with Crippen molar-refractivity contribution in [1.82, 2.24) is 15.5 Å². The van der Waals surface area contributed by atoms with E-state index in [1.807, 2.05) is 49.9 Å². The predicted octanol–water partition coefficient (Wildman–Crippen LogP) is 2.63. The van der Waals surface area contributed by atoms with E-state index in [4.69, 9.17) is 0 Å². The molecule has 0 aliphatic carbocycles. The fourth-order valence-corrected chi connectivity index (χ4v) is 2.21. The number of hydrogen-bond donors (Lipinski definition) is 2. The molecule has 1 aromatic carbocycles. The third-order valence-electron chi connectivity index (χ3n) is 3.44.